The van der Waals surface area contributed by atoms with Crippen LogP contribution >= 0.6 is 23.4 Å². The van der Waals surface area contributed by atoms with Crippen LogP contribution in [0.3, 0.4) is 0 Å². The third kappa shape index (κ3) is 4.99. The van der Waals surface area contributed by atoms with Crippen LogP contribution in [0.2, 0.25) is 5.02 Å². The normalized spacial score (nSPS) is 12.1. The van der Waals surface area contributed by atoms with Gasteiger partial charge < -0.3 is 5.32 Å². The number of nitrogens with zero attached hydrogens (tertiary/aromatic N) is 4. The van der Waals surface area contributed by atoms with Crippen LogP contribution in [0.1, 0.15) is 18.9 Å². The summed E-state index contributed by atoms with van der Waals surface area (Å²) < 4.78 is 1.59. The molecule has 0 fully saturated rings. The Morgan fingerprint density at radius 3 is 2.91 bits per heavy atom. The van der Waals surface area contributed by atoms with Crippen molar-refractivity contribution >= 4 is 29.3 Å². The van der Waals surface area contributed by atoms with Crippen molar-refractivity contribution in [2.75, 3.05) is 5.75 Å². The molecular formula is C14H18ClN5OS. The van der Waals surface area contributed by atoms with Gasteiger partial charge in [-0.3, -0.25) is 4.79 Å². The molecule has 0 unspecified atom stereocenters. The van der Waals surface area contributed by atoms with Crippen molar-refractivity contribution in [2.24, 2.45) is 7.05 Å². The van der Waals surface area contributed by atoms with E-state index in [-0.39, 0.29) is 11.9 Å². The molecule has 0 saturated heterocycles. The topological polar surface area (TPSA) is 72.7 Å². The lowest BCUT2D eigenvalue weighted by Crippen LogP contribution is -2.34. The van der Waals surface area contributed by atoms with E-state index in [0.717, 1.165) is 10.6 Å². The van der Waals surface area contributed by atoms with Gasteiger partial charge >= 0.3 is 0 Å². The van der Waals surface area contributed by atoms with Gasteiger partial charge in [-0.15, -0.1) is 5.10 Å². The Balaban J connectivity index is 1.72. The molecule has 1 N–H and O–H groups in total. The molecule has 118 valence electrons. The highest BCUT2D eigenvalue weighted by molar-refractivity contribution is 7.99. The highest BCUT2D eigenvalue weighted by Gasteiger charge is 2.11. The standard InChI is InChI=1S/C14H18ClN5OS/c1-10(9-11-5-3-4-6-12(11)15)16-13(21)7-8-22-14-17-18-19-20(14)2/h3-6,10H,7-9H2,1-2H3,(H,16,21)/t10-/m0/s1. The van der Waals surface area contributed by atoms with Gasteiger partial charge in [0.15, 0.2) is 0 Å². The van der Waals surface area contributed by atoms with Crippen molar-refractivity contribution in [1.29, 1.82) is 0 Å². The van der Waals surface area contributed by atoms with Gasteiger partial charge in [0, 0.05) is 30.3 Å². The number of rotatable bonds is 7. The van der Waals surface area contributed by atoms with E-state index in [0.29, 0.717) is 23.8 Å². The van der Waals surface area contributed by atoms with E-state index in [1.54, 1.807) is 11.7 Å². The first-order chi connectivity index (χ1) is 10.6. The number of hydrogen-bond donors (Lipinski definition) is 1. The van der Waals surface area contributed by atoms with Crippen molar-refractivity contribution in [3.05, 3.63) is 34.9 Å². The maximum Gasteiger partial charge on any atom is 0.221 e. The highest BCUT2D eigenvalue weighted by Crippen LogP contribution is 2.17. The fourth-order valence-corrected chi connectivity index (χ4v) is 2.97. The highest BCUT2D eigenvalue weighted by atomic mass is 35.5. The van der Waals surface area contributed by atoms with E-state index in [9.17, 15) is 4.79 Å². The maximum absolute atomic E-state index is 11.9. The zero-order chi connectivity index (χ0) is 15.9. The number of hydrogen-bond acceptors (Lipinski definition) is 5. The van der Waals surface area contributed by atoms with Crippen LogP contribution in [0.4, 0.5) is 0 Å². The number of nitrogens with one attached hydrogen (secondary N) is 1. The number of aromatic nitrogens is 4. The van der Waals surface area contributed by atoms with Gasteiger partial charge in [-0.25, -0.2) is 4.68 Å². The molecule has 1 atom stereocenters. The van der Waals surface area contributed by atoms with Crippen molar-refractivity contribution in [2.45, 2.75) is 31.0 Å². The molecule has 0 bridgehead atoms. The lowest BCUT2D eigenvalue weighted by molar-refractivity contribution is -0.121. The van der Waals surface area contributed by atoms with E-state index in [1.807, 2.05) is 31.2 Å². The Kier molecular flexibility index (Phi) is 6.21. The van der Waals surface area contributed by atoms with Gasteiger partial charge in [0.2, 0.25) is 11.1 Å². The number of aryl methyl sites for hydroxylation is 1. The Hall–Kier alpha value is -1.60. The second-order valence-electron chi connectivity index (χ2n) is 4.95. The zero-order valence-electron chi connectivity index (χ0n) is 12.5. The lowest BCUT2D eigenvalue weighted by atomic mass is 10.1. The molecule has 0 radical (unpaired) electrons. The molecule has 2 rings (SSSR count). The summed E-state index contributed by atoms with van der Waals surface area (Å²) in [5.74, 6) is 0.654. The zero-order valence-corrected chi connectivity index (χ0v) is 14.1. The maximum atomic E-state index is 11.9. The molecule has 8 heteroatoms. The first kappa shape index (κ1) is 16.8. The van der Waals surface area contributed by atoms with Gasteiger partial charge in [-0.1, -0.05) is 41.6 Å². The summed E-state index contributed by atoms with van der Waals surface area (Å²) in [4.78, 5) is 11.9. The number of carbonyl (C=O) groups excluding carboxylic acids is 1. The van der Waals surface area contributed by atoms with Crippen molar-refractivity contribution < 1.29 is 4.79 Å². The number of carbonyl (C=O) groups is 1. The first-order valence-electron chi connectivity index (χ1n) is 6.94. The van der Waals surface area contributed by atoms with Gasteiger partial charge in [0.25, 0.3) is 0 Å². The van der Waals surface area contributed by atoms with Gasteiger partial charge in [0.1, 0.15) is 0 Å². The van der Waals surface area contributed by atoms with Crippen LogP contribution in [0, 0.1) is 0 Å². The second-order valence-corrected chi connectivity index (χ2v) is 6.42. The predicted molar refractivity (Wildman–Crippen MR) is 86.9 cm³/mol. The van der Waals surface area contributed by atoms with Crippen LogP contribution in [0.15, 0.2) is 29.4 Å². The quantitative estimate of drug-likeness (QED) is 0.782. The Bertz CT molecular complexity index is 633. The van der Waals surface area contributed by atoms with Crippen LogP contribution in [-0.2, 0) is 18.3 Å². The van der Waals surface area contributed by atoms with Crippen LogP contribution in [0.5, 0.6) is 0 Å². The third-order valence-corrected chi connectivity index (χ3v) is 4.41. The summed E-state index contributed by atoms with van der Waals surface area (Å²) in [6, 6.07) is 7.71. The molecule has 22 heavy (non-hydrogen) atoms. The fraction of sp³-hybridized carbons (Fsp3) is 0.429. The predicted octanol–water partition coefficient (Wildman–Crippen LogP) is 2.09. The van der Waals surface area contributed by atoms with Gasteiger partial charge in [-0.05, 0) is 35.4 Å². The van der Waals surface area contributed by atoms with Crippen molar-refractivity contribution in [3.63, 3.8) is 0 Å². The molecule has 0 saturated carbocycles. The SMILES string of the molecule is C[C@@H](Cc1ccccc1Cl)NC(=O)CCSc1nnnn1C. The molecule has 1 aromatic heterocycles. The summed E-state index contributed by atoms with van der Waals surface area (Å²) in [5.41, 5.74) is 1.04. The number of halogens is 1. The van der Waals surface area contributed by atoms with Crippen LogP contribution in [0.25, 0.3) is 0 Å². The van der Waals surface area contributed by atoms with E-state index in [1.165, 1.54) is 11.8 Å². The largest absolute Gasteiger partial charge is 0.353 e. The van der Waals surface area contributed by atoms with E-state index in [2.05, 4.69) is 20.8 Å². The first-order valence-corrected chi connectivity index (χ1v) is 8.30. The number of tetrazole rings is 1. The Morgan fingerprint density at radius 2 is 2.23 bits per heavy atom. The van der Waals surface area contributed by atoms with E-state index < -0.39 is 0 Å². The third-order valence-electron chi connectivity index (χ3n) is 3.03. The number of benzene rings is 1. The van der Waals surface area contributed by atoms with Crippen molar-refractivity contribution in [3.8, 4) is 0 Å². The molecule has 1 aromatic carbocycles. The smallest absolute Gasteiger partial charge is 0.221 e. The molecule has 0 aliphatic rings. The summed E-state index contributed by atoms with van der Waals surface area (Å²) >= 11 is 7.58. The molecule has 0 spiro atoms. The van der Waals surface area contributed by atoms with Crippen molar-refractivity contribution in [1.82, 2.24) is 25.5 Å². The Labute approximate surface area is 138 Å². The fourth-order valence-electron chi connectivity index (χ4n) is 1.97. The molecule has 2 aromatic rings. The van der Waals surface area contributed by atoms with Crippen LogP contribution in [-0.4, -0.2) is 37.9 Å². The minimum absolute atomic E-state index is 0.0159. The summed E-state index contributed by atoms with van der Waals surface area (Å²) in [5, 5.41) is 15.6. The summed E-state index contributed by atoms with van der Waals surface area (Å²) in [7, 11) is 1.77. The minimum atomic E-state index is 0.0159. The summed E-state index contributed by atoms with van der Waals surface area (Å²) in [6.07, 6.45) is 1.14. The minimum Gasteiger partial charge on any atom is -0.353 e. The van der Waals surface area contributed by atoms with Crippen LogP contribution < -0.4 is 5.32 Å². The number of thioether (sulfide) groups is 1. The molecular weight excluding hydrogens is 322 g/mol. The molecule has 1 heterocycles. The van der Waals surface area contributed by atoms with E-state index in [4.69, 9.17) is 11.6 Å². The average molecular weight is 340 g/mol. The molecule has 0 aliphatic carbocycles. The average Bonchev–Trinajstić information content (AvgIpc) is 2.87. The monoisotopic (exact) mass is 339 g/mol. The summed E-state index contributed by atoms with van der Waals surface area (Å²) in [6.45, 7) is 1.97. The number of amides is 1. The van der Waals surface area contributed by atoms with Gasteiger partial charge in [-0.2, -0.15) is 0 Å². The molecule has 1 amide bonds. The molecule has 0 aliphatic heterocycles. The van der Waals surface area contributed by atoms with Gasteiger partial charge in [0.05, 0.1) is 0 Å². The van der Waals surface area contributed by atoms with E-state index >= 15 is 0 Å². The Morgan fingerprint density at radius 1 is 1.45 bits per heavy atom. The molecule has 6 nitrogen and oxygen atoms in total. The lowest BCUT2D eigenvalue weighted by Gasteiger charge is -2.14. The second kappa shape index (κ2) is 8.14.